The molecule has 0 saturated heterocycles. The third-order valence-electron chi connectivity index (χ3n) is 4.87. The molecule has 0 N–H and O–H groups in total. The first-order valence-electron chi connectivity index (χ1n) is 10.7. The molecule has 0 saturated carbocycles. The standard InChI is InChI=1S/C25H24O6.C2H6/c1-28-22-12-18(13-23(15-22)29-2)14-24(25(27)30-3)19-6-10-21(11-7-19)31-20-8-4-17(16-26)5-9-20;1-2/h4-13,15-16,24H,14H2,1-3H3;1-2H3. The molecule has 0 aliphatic carbocycles. The van der Waals surface area contributed by atoms with Crippen molar-refractivity contribution in [1.29, 1.82) is 0 Å². The van der Waals surface area contributed by atoms with Crippen LogP contribution in [-0.4, -0.2) is 33.6 Å². The van der Waals surface area contributed by atoms with Crippen molar-refractivity contribution >= 4 is 12.3 Å². The highest BCUT2D eigenvalue weighted by molar-refractivity contribution is 5.78. The van der Waals surface area contributed by atoms with Crippen LogP contribution >= 0.6 is 0 Å². The van der Waals surface area contributed by atoms with Crippen molar-refractivity contribution in [2.45, 2.75) is 26.2 Å². The number of hydrogen-bond acceptors (Lipinski definition) is 6. The Kier molecular flexibility index (Phi) is 9.96. The highest BCUT2D eigenvalue weighted by Crippen LogP contribution is 2.30. The third-order valence-corrected chi connectivity index (χ3v) is 4.87. The van der Waals surface area contributed by atoms with Gasteiger partial charge < -0.3 is 18.9 Å². The monoisotopic (exact) mass is 450 g/mol. The van der Waals surface area contributed by atoms with Crippen molar-refractivity contribution < 1.29 is 28.5 Å². The third kappa shape index (κ3) is 7.10. The summed E-state index contributed by atoms with van der Waals surface area (Å²) in [6.45, 7) is 4.00. The maximum absolute atomic E-state index is 12.5. The second-order valence-electron chi connectivity index (χ2n) is 6.86. The quantitative estimate of drug-likeness (QED) is 0.302. The van der Waals surface area contributed by atoms with Crippen LogP contribution in [0.4, 0.5) is 0 Å². The van der Waals surface area contributed by atoms with Gasteiger partial charge in [0.2, 0.25) is 0 Å². The van der Waals surface area contributed by atoms with E-state index in [2.05, 4.69) is 0 Å². The van der Waals surface area contributed by atoms with Gasteiger partial charge in [0.25, 0.3) is 0 Å². The van der Waals surface area contributed by atoms with Crippen LogP contribution in [0.1, 0.15) is 41.3 Å². The maximum Gasteiger partial charge on any atom is 0.313 e. The molecule has 6 heteroatoms. The van der Waals surface area contributed by atoms with E-state index in [4.69, 9.17) is 18.9 Å². The smallest absolute Gasteiger partial charge is 0.313 e. The number of hydrogen-bond donors (Lipinski definition) is 0. The Balaban J connectivity index is 0.00000187. The Morgan fingerprint density at radius 2 is 1.30 bits per heavy atom. The molecule has 1 atom stereocenters. The second kappa shape index (κ2) is 12.9. The molecular formula is C27H30O6. The topological polar surface area (TPSA) is 71.1 Å². The Hall–Kier alpha value is -3.80. The second-order valence-corrected chi connectivity index (χ2v) is 6.86. The van der Waals surface area contributed by atoms with Crippen LogP contribution in [0.5, 0.6) is 23.0 Å². The van der Waals surface area contributed by atoms with E-state index in [0.29, 0.717) is 35.0 Å². The van der Waals surface area contributed by atoms with Crippen LogP contribution in [0.25, 0.3) is 0 Å². The predicted octanol–water partition coefficient (Wildman–Crippen LogP) is 5.83. The summed E-state index contributed by atoms with van der Waals surface area (Å²) < 4.78 is 21.5. The summed E-state index contributed by atoms with van der Waals surface area (Å²) in [5, 5.41) is 0. The van der Waals surface area contributed by atoms with Crippen LogP contribution < -0.4 is 14.2 Å². The van der Waals surface area contributed by atoms with Gasteiger partial charge in [-0.05, 0) is 66.1 Å². The Bertz CT molecular complexity index is 1000. The molecule has 0 bridgehead atoms. The molecule has 3 aromatic rings. The maximum atomic E-state index is 12.5. The molecule has 174 valence electrons. The Morgan fingerprint density at radius 1 is 0.788 bits per heavy atom. The largest absolute Gasteiger partial charge is 0.497 e. The zero-order valence-corrected chi connectivity index (χ0v) is 19.7. The van der Waals surface area contributed by atoms with Gasteiger partial charge in [0.1, 0.15) is 29.3 Å². The number of esters is 1. The van der Waals surface area contributed by atoms with E-state index < -0.39 is 5.92 Å². The summed E-state index contributed by atoms with van der Waals surface area (Å²) >= 11 is 0. The summed E-state index contributed by atoms with van der Waals surface area (Å²) in [5.74, 6) is 1.72. The molecule has 0 heterocycles. The number of aldehydes is 1. The molecule has 0 aromatic heterocycles. The lowest BCUT2D eigenvalue weighted by molar-refractivity contribution is -0.142. The van der Waals surface area contributed by atoms with Gasteiger partial charge in [0, 0.05) is 11.6 Å². The first-order valence-corrected chi connectivity index (χ1v) is 10.7. The molecule has 0 aliphatic rings. The van der Waals surface area contributed by atoms with E-state index in [1.54, 1.807) is 56.7 Å². The normalized spacial score (nSPS) is 10.8. The lowest BCUT2D eigenvalue weighted by Crippen LogP contribution is -2.17. The fourth-order valence-electron chi connectivity index (χ4n) is 3.22. The van der Waals surface area contributed by atoms with Gasteiger partial charge in [0.05, 0.1) is 27.2 Å². The number of ether oxygens (including phenoxy) is 4. The summed E-state index contributed by atoms with van der Waals surface area (Å²) in [4.78, 5) is 23.3. The zero-order valence-electron chi connectivity index (χ0n) is 19.7. The minimum absolute atomic E-state index is 0.333. The first kappa shape index (κ1) is 25.5. The van der Waals surface area contributed by atoms with Crippen LogP contribution in [0.15, 0.2) is 66.7 Å². The van der Waals surface area contributed by atoms with Crippen LogP contribution in [0.2, 0.25) is 0 Å². The SMILES string of the molecule is CC.COC(=O)C(Cc1cc(OC)cc(OC)c1)c1ccc(Oc2ccc(C=O)cc2)cc1. The van der Waals surface area contributed by atoms with E-state index in [9.17, 15) is 9.59 Å². The lowest BCUT2D eigenvalue weighted by Gasteiger charge is -2.17. The van der Waals surface area contributed by atoms with Gasteiger partial charge >= 0.3 is 5.97 Å². The predicted molar refractivity (Wildman–Crippen MR) is 128 cm³/mol. The van der Waals surface area contributed by atoms with Gasteiger partial charge in [-0.25, -0.2) is 0 Å². The minimum Gasteiger partial charge on any atom is -0.497 e. The Morgan fingerprint density at radius 3 is 1.76 bits per heavy atom. The summed E-state index contributed by atoms with van der Waals surface area (Å²) in [6.07, 6.45) is 1.21. The fourth-order valence-corrected chi connectivity index (χ4v) is 3.22. The number of benzene rings is 3. The van der Waals surface area contributed by atoms with Crippen molar-refractivity contribution in [3.8, 4) is 23.0 Å². The number of rotatable bonds is 9. The molecule has 0 amide bonds. The number of methoxy groups -OCH3 is 3. The van der Waals surface area contributed by atoms with Gasteiger partial charge in [-0.15, -0.1) is 0 Å². The highest BCUT2D eigenvalue weighted by atomic mass is 16.5. The minimum atomic E-state index is -0.497. The average molecular weight is 451 g/mol. The van der Waals surface area contributed by atoms with Crippen molar-refractivity contribution in [3.05, 3.63) is 83.4 Å². The molecule has 0 fully saturated rings. The molecule has 0 spiro atoms. The van der Waals surface area contributed by atoms with E-state index >= 15 is 0 Å². The molecule has 1 unspecified atom stereocenters. The zero-order chi connectivity index (χ0) is 24.2. The molecule has 3 aromatic carbocycles. The summed E-state index contributed by atoms with van der Waals surface area (Å²) in [6, 6.07) is 19.6. The van der Waals surface area contributed by atoms with Crippen LogP contribution in [0, 0.1) is 0 Å². The fraction of sp³-hybridized carbons (Fsp3) is 0.259. The lowest BCUT2D eigenvalue weighted by atomic mass is 9.91. The van der Waals surface area contributed by atoms with Crippen molar-refractivity contribution in [3.63, 3.8) is 0 Å². The average Bonchev–Trinajstić information content (AvgIpc) is 2.88. The van der Waals surface area contributed by atoms with E-state index in [1.165, 1.54) is 7.11 Å². The first-order chi connectivity index (χ1) is 16.1. The van der Waals surface area contributed by atoms with Crippen LogP contribution in [0.3, 0.4) is 0 Å². The molecule has 0 radical (unpaired) electrons. The summed E-state index contributed by atoms with van der Waals surface area (Å²) in [7, 11) is 4.55. The van der Waals surface area contributed by atoms with Crippen molar-refractivity contribution in [2.75, 3.05) is 21.3 Å². The Labute approximate surface area is 195 Å². The van der Waals surface area contributed by atoms with E-state index in [-0.39, 0.29) is 5.97 Å². The van der Waals surface area contributed by atoms with Crippen molar-refractivity contribution in [2.24, 2.45) is 0 Å². The van der Waals surface area contributed by atoms with Gasteiger partial charge in [-0.3, -0.25) is 9.59 Å². The van der Waals surface area contributed by atoms with E-state index in [0.717, 1.165) is 17.4 Å². The highest BCUT2D eigenvalue weighted by Gasteiger charge is 2.23. The van der Waals surface area contributed by atoms with Crippen LogP contribution in [-0.2, 0) is 16.0 Å². The van der Waals surface area contributed by atoms with Gasteiger partial charge in [-0.2, -0.15) is 0 Å². The van der Waals surface area contributed by atoms with Crippen molar-refractivity contribution in [1.82, 2.24) is 0 Å². The molecular weight excluding hydrogens is 420 g/mol. The van der Waals surface area contributed by atoms with Gasteiger partial charge in [0.15, 0.2) is 0 Å². The van der Waals surface area contributed by atoms with Gasteiger partial charge in [-0.1, -0.05) is 26.0 Å². The summed E-state index contributed by atoms with van der Waals surface area (Å²) in [5.41, 5.74) is 2.28. The molecule has 6 nitrogen and oxygen atoms in total. The number of carbonyl (C=O) groups is 2. The molecule has 3 rings (SSSR count). The molecule has 0 aliphatic heterocycles. The number of carbonyl (C=O) groups excluding carboxylic acids is 2. The molecule has 33 heavy (non-hydrogen) atoms. The van der Waals surface area contributed by atoms with E-state index in [1.807, 2.05) is 38.1 Å².